The van der Waals surface area contributed by atoms with Crippen molar-refractivity contribution in [2.24, 2.45) is 0 Å². The molecule has 7 aromatic carbocycles. The Morgan fingerprint density at radius 2 is 1.24 bits per heavy atom. The van der Waals surface area contributed by atoms with Crippen molar-refractivity contribution in [3.8, 4) is 39.8 Å². The third-order valence-corrected chi connectivity index (χ3v) is 10.5. The van der Waals surface area contributed by atoms with Gasteiger partial charge in [0, 0.05) is 39.0 Å². The monoisotopic (exact) mass is 640 g/mol. The van der Waals surface area contributed by atoms with Crippen LogP contribution in [0.15, 0.2) is 152 Å². The minimum absolute atomic E-state index is 0.252. The first kappa shape index (κ1) is 26.3. The van der Waals surface area contributed by atoms with Gasteiger partial charge in [-0.15, -0.1) is 0 Å². The second kappa shape index (κ2) is 9.46. The van der Waals surface area contributed by atoms with E-state index in [0.717, 1.165) is 89.6 Å². The van der Waals surface area contributed by atoms with Crippen LogP contribution in [0.4, 0.5) is 0 Å². The number of aromatic nitrogens is 4. The van der Waals surface area contributed by atoms with Crippen LogP contribution in [0.1, 0.15) is 0 Å². The number of ether oxygens (including phenoxy) is 1. The number of benzene rings is 7. The molecule has 50 heavy (non-hydrogen) atoms. The highest BCUT2D eigenvalue weighted by Crippen LogP contribution is 2.42. The van der Waals surface area contributed by atoms with Gasteiger partial charge in [0.2, 0.25) is 5.78 Å². The average molecular weight is 641 g/mol. The van der Waals surface area contributed by atoms with Gasteiger partial charge in [0.1, 0.15) is 22.8 Å². The van der Waals surface area contributed by atoms with E-state index in [1.165, 1.54) is 10.8 Å². The lowest BCUT2D eigenvalue weighted by atomic mass is 9.51. The molecule has 5 heterocycles. The van der Waals surface area contributed by atoms with Crippen LogP contribution in [0.2, 0.25) is 0 Å². The number of hydrogen-bond donors (Lipinski definition) is 0. The topological polar surface area (TPSA) is 45.6 Å². The van der Waals surface area contributed by atoms with E-state index < -0.39 is 0 Å². The molecule has 2 aliphatic rings. The van der Waals surface area contributed by atoms with Crippen LogP contribution in [0, 0.1) is 0 Å². The third kappa shape index (κ3) is 3.31. The first-order valence-electron chi connectivity index (χ1n) is 16.9. The Labute approximate surface area is 286 Å². The normalized spacial score (nSPS) is 13.1. The van der Waals surface area contributed by atoms with E-state index >= 15 is 0 Å². The largest absolute Gasteiger partial charge is 0.551 e. The zero-order valence-electron chi connectivity index (χ0n) is 26.6. The smallest absolute Gasteiger partial charge is 0.434 e. The minimum Gasteiger partial charge on any atom is -0.551 e. The van der Waals surface area contributed by atoms with Crippen LogP contribution in [-0.2, 0) is 0 Å². The predicted octanol–water partition coefficient (Wildman–Crippen LogP) is 8.80. The SMILES string of the molecule is c1ccc(-n2c3ccccc3c3ccc4c(nc5n(-c6cc7c8c(c6)-c6ccccc6OB8c6ccccc6O7)c6ccccc6n45)c32)cc1. The number of para-hydroxylation sites is 6. The van der Waals surface area contributed by atoms with Gasteiger partial charge in [0.25, 0.3) is 0 Å². The summed E-state index contributed by atoms with van der Waals surface area (Å²) < 4.78 is 20.3. The zero-order chi connectivity index (χ0) is 32.5. The lowest BCUT2D eigenvalue weighted by Gasteiger charge is -2.33. The Morgan fingerprint density at radius 1 is 0.500 bits per heavy atom. The lowest BCUT2D eigenvalue weighted by molar-refractivity contribution is 0.479. The van der Waals surface area contributed by atoms with E-state index in [1.807, 2.05) is 24.3 Å². The second-order valence-electron chi connectivity index (χ2n) is 13.1. The Morgan fingerprint density at radius 3 is 2.14 bits per heavy atom. The molecule has 0 bridgehead atoms. The summed E-state index contributed by atoms with van der Waals surface area (Å²) in [5.41, 5.74) is 12.8. The van der Waals surface area contributed by atoms with Gasteiger partial charge >= 0.3 is 6.92 Å². The summed E-state index contributed by atoms with van der Waals surface area (Å²) in [5, 5.41) is 2.39. The summed E-state index contributed by atoms with van der Waals surface area (Å²) in [6.07, 6.45) is 0. The predicted molar refractivity (Wildman–Crippen MR) is 201 cm³/mol. The molecular formula is C43H25BN4O2. The molecule has 0 atom stereocenters. The van der Waals surface area contributed by atoms with Crippen molar-refractivity contribution in [3.63, 3.8) is 0 Å². The number of fused-ring (bicyclic) bond motifs is 13. The van der Waals surface area contributed by atoms with Gasteiger partial charge in [0.15, 0.2) is 0 Å². The molecule has 0 saturated carbocycles. The molecule has 2 aliphatic heterocycles. The summed E-state index contributed by atoms with van der Waals surface area (Å²) in [6.45, 7) is -0.252. The van der Waals surface area contributed by atoms with Crippen LogP contribution < -0.4 is 20.3 Å². The zero-order valence-corrected chi connectivity index (χ0v) is 26.6. The molecule has 0 fully saturated rings. The van der Waals surface area contributed by atoms with Gasteiger partial charge in [0.05, 0.1) is 33.3 Å². The van der Waals surface area contributed by atoms with Crippen molar-refractivity contribution >= 4 is 67.5 Å². The molecule has 0 unspecified atom stereocenters. The molecule has 0 aliphatic carbocycles. The summed E-state index contributed by atoms with van der Waals surface area (Å²) in [6, 6.07) is 53.2. The van der Waals surface area contributed by atoms with E-state index in [0.29, 0.717) is 0 Å². The van der Waals surface area contributed by atoms with Gasteiger partial charge in [-0.1, -0.05) is 84.9 Å². The molecule has 0 saturated heterocycles. The van der Waals surface area contributed by atoms with Crippen molar-refractivity contribution in [2.45, 2.75) is 0 Å². The lowest BCUT2D eigenvalue weighted by Crippen LogP contribution is -2.53. The molecule has 0 N–H and O–H groups in total. The van der Waals surface area contributed by atoms with Crippen molar-refractivity contribution in [2.75, 3.05) is 0 Å². The summed E-state index contributed by atoms with van der Waals surface area (Å²) in [5.74, 6) is 3.33. The third-order valence-electron chi connectivity index (χ3n) is 10.5. The highest BCUT2D eigenvalue weighted by atomic mass is 16.5. The first-order valence-corrected chi connectivity index (χ1v) is 16.9. The van der Waals surface area contributed by atoms with Gasteiger partial charge in [-0.25, -0.2) is 4.98 Å². The number of nitrogens with zero attached hydrogens (tertiary/aromatic N) is 4. The molecule has 10 aromatic rings. The summed E-state index contributed by atoms with van der Waals surface area (Å²) in [4.78, 5) is 5.55. The fourth-order valence-corrected chi connectivity index (χ4v) is 8.44. The second-order valence-corrected chi connectivity index (χ2v) is 13.1. The van der Waals surface area contributed by atoms with Gasteiger partial charge in [-0.3, -0.25) is 8.97 Å². The number of hydrogen-bond acceptors (Lipinski definition) is 3. The molecule has 0 amide bonds. The molecule has 6 nitrogen and oxygen atoms in total. The van der Waals surface area contributed by atoms with Crippen LogP contribution in [0.25, 0.3) is 72.2 Å². The Balaban J connectivity index is 1.20. The molecule has 12 rings (SSSR count). The Hall–Kier alpha value is -6.73. The first-order chi connectivity index (χ1) is 24.8. The van der Waals surface area contributed by atoms with E-state index in [2.05, 4.69) is 141 Å². The standard InChI is InChI=1S/C43H25BN4O2/c1-2-12-26(13-3-1)46-33-17-7-4-14-28(33)30-22-23-36-41(42(30)46)45-43-47(34-18-8-9-19-35(34)48(36)43)27-24-31-29-15-5-10-20-37(29)50-44-32-16-6-11-21-38(32)49-39(25-27)40(31)44/h1-25H. The van der Waals surface area contributed by atoms with Crippen molar-refractivity contribution in [1.29, 1.82) is 0 Å². The van der Waals surface area contributed by atoms with E-state index in [9.17, 15) is 0 Å². The molecule has 232 valence electrons. The van der Waals surface area contributed by atoms with Gasteiger partial charge in [-0.2, -0.15) is 0 Å². The van der Waals surface area contributed by atoms with E-state index in [-0.39, 0.29) is 6.92 Å². The Kier molecular flexibility index (Phi) is 4.96. The molecule has 3 aromatic heterocycles. The quantitative estimate of drug-likeness (QED) is 0.178. The highest BCUT2D eigenvalue weighted by Gasteiger charge is 2.41. The van der Waals surface area contributed by atoms with Crippen molar-refractivity contribution in [3.05, 3.63) is 152 Å². The number of rotatable bonds is 2. The average Bonchev–Trinajstić information content (AvgIpc) is 3.82. The highest BCUT2D eigenvalue weighted by molar-refractivity contribution is 6.84. The molecular weight excluding hydrogens is 615 g/mol. The van der Waals surface area contributed by atoms with Crippen molar-refractivity contribution < 1.29 is 9.39 Å². The van der Waals surface area contributed by atoms with E-state index in [4.69, 9.17) is 14.4 Å². The maximum Gasteiger partial charge on any atom is 0.434 e. The van der Waals surface area contributed by atoms with Crippen LogP contribution in [0.3, 0.4) is 0 Å². The van der Waals surface area contributed by atoms with E-state index in [1.54, 1.807) is 0 Å². The van der Waals surface area contributed by atoms with Gasteiger partial charge < -0.3 is 14.0 Å². The number of imidazole rings is 2. The minimum atomic E-state index is -0.252. The maximum atomic E-state index is 6.69. The summed E-state index contributed by atoms with van der Waals surface area (Å²) in [7, 11) is 0. The maximum absolute atomic E-state index is 6.69. The summed E-state index contributed by atoms with van der Waals surface area (Å²) >= 11 is 0. The van der Waals surface area contributed by atoms with Crippen LogP contribution >= 0.6 is 0 Å². The molecule has 7 heteroatoms. The van der Waals surface area contributed by atoms with Gasteiger partial charge in [-0.05, 0) is 66.2 Å². The fraction of sp³-hybridized carbons (Fsp3) is 0. The molecule has 0 radical (unpaired) electrons. The fourth-order valence-electron chi connectivity index (χ4n) is 8.44. The van der Waals surface area contributed by atoms with Crippen LogP contribution in [0.5, 0.6) is 17.2 Å². The van der Waals surface area contributed by atoms with Crippen LogP contribution in [-0.4, -0.2) is 25.4 Å². The molecule has 0 spiro atoms. The Bertz CT molecular complexity index is 3060. The van der Waals surface area contributed by atoms with Crippen molar-refractivity contribution in [1.82, 2.24) is 18.5 Å².